The molecule has 1 aromatic heterocycles. The van der Waals surface area contributed by atoms with Crippen molar-refractivity contribution in [2.24, 2.45) is 0 Å². The molecule has 0 spiro atoms. The van der Waals surface area contributed by atoms with Gasteiger partial charge in [-0.3, -0.25) is 4.79 Å². The average molecular weight is 316 g/mol. The molecule has 0 aliphatic rings. The molecule has 0 aliphatic carbocycles. The first-order valence-electron chi connectivity index (χ1n) is 6.36. The minimum Gasteiger partial charge on any atom is -0.504 e. The van der Waals surface area contributed by atoms with E-state index in [2.05, 4.69) is 9.97 Å². The number of ether oxygens (including phenoxy) is 1. The van der Waals surface area contributed by atoms with Gasteiger partial charge in [-0.05, 0) is 36.0 Å². The summed E-state index contributed by atoms with van der Waals surface area (Å²) in [5, 5.41) is 20.2. The van der Waals surface area contributed by atoms with Crippen molar-refractivity contribution in [2.45, 2.75) is 10.1 Å². The van der Waals surface area contributed by atoms with Crippen molar-refractivity contribution in [1.82, 2.24) is 9.97 Å². The fourth-order valence-corrected chi connectivity index (χ4v) is 2.94. The van der Waals surface area contributed by atoms with E-state index in [1.807, 2.05) is 0 Å². The van der Waals surface area contributed by atoms with Crippen LogP contribution in [0.25, 0.3) is 10.9 Å². The molecule has 6 nitrogen and oxygen atoms in total. The number of aromatic nitrogens is 2. The van der Waals surface area contributed by atoms with E-state index < -0.39 is 0 Å². The Kier molecular flexibility index (Phi) is 3.64. The molecular formula is C15H12N2O4S. The summed E-state index contributed by atoms with van der Waals surface area (Å²) in [6.45, 7) is 0. The van der Waals surface area contributed by atoms with E-state index in [4.69, 9.17) is 4.74 Å². The summed E-state index contributed by atoms with van der Waals surface area (Å²) in [6.07, 6.45) is 0. The van der Waals surface area contributed by atoms with Crippen LogP contribution >= 0.6 is 11.8 Å². The third-order valence-electron chi connectivity index (χ3n) is 3.08. The van der Waals surface area contributed by atoms with E-state index in [0.717, 1.165) is 11.8 Å². The molecule has 3 aromatic rings. The number of benzene rings is 2. The van der Waals surface area contributed by atoms with Crippen LogP contribution in [-0.4, -0.2) is 27.3 Å². The molecular weight excluding hydrogens is 304 g/mol. The molecule has 3 N–H and O–H groups in total. The van der Waals surface area contributed by atoms with Crippen molar-refractivity contribution < 1.29 is 14.9 Å². The van der Waals surface area contributed by atoms with Crippen LogP contribution in [0.1, 0.15) is 0 Å². The third-order valence-corrected chi connectivity index (χ3v) is 4.00. The minimum atomic E-state index is -0.351. The quantitative estimate of drug-likeness (QED) is 0.507. The van der Waals surface area contributed by atoms with Crippen LogP contribution in [-0.2, 0) is 0 Å². The van der Waals surface area contributed by atoms with Gasteiger partial charge in [0.2, 0.25) is 5.75 Å². The zero-order chi connectivity index (χ0) is 15.7. The van der Waals surface area contributed by atoms with Crippen LogP contribution < -0.4 is 10.3 Å². The van der Waals surface area contributed by atoms with Gasteiger partial charge in [-0.1, -0.05) is 12.1 Å². The van der Waals surface area contributed by atoms with Crippen molar-refractivity contribution in [2.75, 3.05) is 7.11 Å². The summed E-state index contributed by atoms with van der Waals surface area (Å²) < 4.78 is 5.10. The second-order valence-corrected chi connectivity index (χ2v) is 5.49. The Bertz CT molecular complexity index is 908. The number of methoxy groups -OCH3 is 1. The highest BCUT2D eigenvalue weighted by Gasteiger charge is 2.15. The second-order valence-electron chi connectivity index (χ2n) is 4.45. The van der Waals surface area contributed by atoms with E-state index in [-0.39, 0.29) is 22.8 Å². The van der Waals surface area contributed by atoms with E-state index in [0.29, 0.717) is 21.0 Å². The molecule has 0 saturated heterocycles. The summed E-state index contributed by atoms with van der Waals surface area (Å²) in [6, 6.07) is 9.94. The first-order valence-corrected chi connectivity index (χ1v) is 7.17. The van der Waals surface area contributed by atoms with Crippen LogP contribution in [0, 0.1) is 0 Å². The van der Waals surface area contributed by atoms with Crippen LogP contribution in [0.2, 0.25) is 0 Å². The summed E-state index contributed by atoms with van der Waals surface area (Å²) in [7, 11) is 1.38. The van der Waals surface area contributed by atoms with Crippen LogP contribution in [0.4, 0.5) is 0 Å². The number of rotatable bonds is 3. The average Bonchev–Trinajstić information content (AvgIpc) is 2.51. The predicted octanol–water partition coefficient (Wildman–Crippen LogP) is 2.49. The van der Waals surface area contributed by atoms with Gasteiger partial charge in [-0.2, -0.15) is 0 Å². The van der Waals surface area contributed by atoms with Crippen molar-refractivity contribution in [3.63, 3.8) is 0 Å². The number of H-pyrrole nitrogens is 1. The number of nitrogens with one attached hydrogen (secondary N) is 1. The molecule has 0 unspecified atom stereocenters. The number of phenols is 2. The molecule has 0 amide bonds. The van der Waals surface area contributed by atoms with Crippen LogP contribution in [0.3, 0.4) is 0 Å². The highest BCUT2D eigenvalue weighted by atomic mass is 32.2. The second kappa shape index (κ2) is 5.61. The molecule has 0 radical (unpaired) electrons. The van der Waals surface area contributed by atoms with E-state index in [9.17, 15) is 15.0 Å². The Morgan fingerprint density at radius 3 is 2.73 bits per heavy atom. The SMILES string of the molecule is COc1c(Sc2nc3ccccc3c(=O)[nH]2)ccc(O)c1O. The lowest BCUT2D eigenvalue weighted by Gasteiger charge is -2.10. The van der Waals surface area contributed by atoms with Gasteiger partial charge in [0, 0.05) is 0 Å². The Hall–Kier alpha value is -2.67. The Morgan fingerprint density at radius 2 is 1.95 bits per heavy atom. The molecule has 1 heterocycles. The highest BCUT2D eigenvalue weighted by molar-refractivity contribution is 7.99. The molecule has 3 rings (SSSR count). The smallest absolute Gasteiger partial charge is 0.259 e. The standard InChI is InChI=1S/C15H12N2O4S/c1-21-13-11(7-6-10(18)12(13)19)22-15-16-9-5-3-2-4-8(9)14(20)17-15/h2-7,18-19H,1H3,(H,16,17,20). The molecule has 0 aliphatic heterocycles. The largest absolute Gasteiger partial charge is 0.504 e. The summed E-state index contributed by atoms with van der Waals surface area (Å²) in [5.41, 5.74) is 0.339. The van der Waals surface area contributed by atoms with Gasteiger partial charge in [-0.25, -0.2) is 4.98 Å². The molecule has 0 saturated carbocycles. The maximum Gasteiger partial charge on any atom is 0.259 e. The molecule has 0 bridgehead atoms. The van der Waals surface area contributed by atoms with Crippen molar-refractivity contribution in [1.29, 1.82) is 0 Å². The summed E-state index contributed by atoms with van der Waals surface area (Å²) in [5.74, 6) is -0.502. The van der Waals surface area contributed by atoms with Gasteiger partial charge in [0.1, 0.15) is 0 Å². The zero-order valence-electron chi connectivity index (χ0n) is 11.5. The summed E-state index contributed by atoms with van der Waals surface area (Å²) >= 11 is 1.13. The summed E-state index contributed by atoms with van der Waals surface area (Å²) in [4.78, 5) is 19.6. The first kappa shape index (κ1) is 14.3. The first-order chi connectivity index (χ1) is 10.6. The molecule has 112 valence electrons. The van der Waals surface area contributed by atoms with E-state index >= 15 is 0 Å². The lowest BCUT2D eigenvalue weighted by molar-refractivity contribution is 0.344. The molecule has 22 heavy (non-hydrogen) atoms. The third kappa shape index (κ3) is 2.46. The van der Waals surface area contributed by atoms with E-state index in [1.165, 1.54) is 13.2 Å². The molecule has 7 heteroatoms. The number of nitrogens with zero attached hydrogens (tertiary/aromatic N) is 1. The number of para-hydroxylation sites is 1. The highest BCUT2D eigenvalue weighted by Crippen LogP contribution is 2.43. The van der Waals surface area contributed by atoms with E-state index in [1.54, 1.807) is 30.3 Å². The van der Waals surface area contributed by atoms with Gasteiger partial charge < -0.3 is 19.9 Å². The normalized spacial score (nSPS) is 10.8. The fraction of sp³-hybridized carbons (Fsp3) is 0.0667. The maximum absolute atomic E-state index is 12.0. The van der Waals surface area contributed by atoms with Gasteiger partial charge in [0.25, 0.3) is 5.56 Å². The van der Waals surface area contributed by atoms with Crippen LogP contribution in [0.15, 0.2) is 51.2 Å². The monoisotopic (exact) mass is 316 g/mol. The minimum absolute atomic E-state index is 0.126. The predicted molar refractivity (Wildman–Crippen MR) is 82.8 cm³/mol. The number of hydrogen-bond donors (Lipinski definition) is 3. The zero-order valence-corrected chi connectivity index (χ0v) is 12.3. The number of fused-ring (bicyclic) bond motifs is 1. The number of hydrogen-bond acceptors (Lipinski definition) is 6. The lowest BCUT2D eigenvalue weighted by Crippen LogP contribution is -2.08. The molecule has 2 aromatic carbocycles. The Balaban J connectivity index is 2.07. The topological polar surface area (TPSA) is 95.4 Å². The fourth-order valence-electron chi connectivity index (χ4n) is 2.04. The van der Waals surface area contributed by atoms with Crippen molar-refractivity contribution in [3.05, 3.63) is 46.8 Å². The number of aromatic amines is 1. The van der Waals surface area contributed by atoms with Gasteiger partial charge in [-0.15, -0.1) is 0 Å². The van der Waals surface area contributed by atoms with Crippen LogP contribution in [0.5, 0.6) is 17.2 Å². The van der Waals surface area contributed by atoms with Gasteiger partial charge in [0.15, 0.2) is 16.7 Å². The van der Waals surface area contributed by atoms with Gasteiger partial charge >= 0.3 is 0 Å². The van der Waals surface area contributed by atoms with Crippen molar-refractivity contribution >= 4 is 22.7 Å². The maximum atomic E-state index is 12.0. The molecule has 0 atom stereocenters. The van der Waals surface area contributed by atoms with Crippen molar-refractivity contribution in [3.8, 4) is 17.2 Å². The van der Waals surface area contributed by atoms with Gasteiger partial charge in [0.05, 0.1) is 22.9 Å². The lowest BCUT2D eigenvalue weighted by atomic mass is 10.2. The number of phenolic OH excluding ortho intramolecular Hbond substituents is 2. The number of aromatic hydroxyl groups is 2. The Morgan fingerprint density at radius 1 is 1.18 bits per heavy atom. The Labute approximate surface area is 129 Å². The molecule has 0 fully saturated rings.